The van der Waals surface area contributed by atoms with E-state index in [1.165, 1.54) is 38.6 Å². The minimum atomic E-state index is 0. The van der Waals surface area contributed by atoms with Gasteiger partial charge in [-0.25, -0.2) is 0 Å². The molecule has 1 nitrogen and oxygen atoms in total. The van der Waals surface area contributed by atoms with Crippen molar-refractivity contribution in [3.63, 3.8) is 0 Å². The Balaban J connectivity index is 0.000000677. The molecule has 0 heterocycles. The van der Waals surface area contributed by atoms with Crippen LogP contribution in [-0.2, 0) is 21.7 Å². The van der Waals surface area contributed by atoms with E-state index in [-0.39, 0.29) is 46.5 Å². The van der Waals surface area contributed by atoms with E-state index < -0.39 is 0 Å². The van der Waals surface area contributed by atoms with Crippen LogP contribution in [0, 0.1) is 6.92 Å². The predicted molar refractivity (Wildman–Crippen MR) is 129 cm³/mol. The van der Waals surface area contributed by atoms with E-state index in [2.05, 4.69) is 64.1 Å². The van der Waals surface area contributed by atoms with Gasteiger partial charge in [-0.05, 0) is 32.8 Å². The molecule has 0 atom stereocenters. The number of fused-ring (bicyclic) bond motifs is 1. The minimum absolute atomic E-state index is 0. The van der Waals surface area contributed by atoms with E-state index in [1.54, 1.807) is 12.1 Å². The van der Waals surface area contributed by atoms with Crippen molar-refractivity contribution >= 4 is 46.8 Å². The number of hydrogen-bond donors (Lipinski definition) is 0. The minimum Gasteiger partial charge on any atom is -0.699 e. The number of benzene rings is 3. The van der Waals surface area contributed by atoms with Gasteiger partial charge in [0.15, 0.2) is 0 Å². The van der Waals surface area contributed by atoms with E-state index in [4.69, 9.17) is 5.73 Å². The fraction of sp³-hybridized carbons (Fsp3) is 0.160. The molecule has 0 unspecified atom stereocenters. The van der Waals surface area contributed by atoms with Gasteiger partial charge in [-0.1, -0.05) is 76.7 Å². The van der Waals surface area contributed by atoms with Gasteiger partial charge in [0.05, 0.1) is 0 Å². The molecule has 0 saturated heterocycles. The molecular formula is C25H27Cl2NTi. The Bertz CT molecular complexity index is 1010. The molecule has 0 aliphatic heterocycles. The fourth-order valence-electron chi connectivity index (χ4n) is 3.43. The van der Waals surface area contributed by atoms with Gasteiger partial charge in [-0.15, -0.1) is 53.6 Å². The van der Waals surface area contributed by atoms with Crippen molar-refractivity contribution in [1.29, 1.82) is 0 Å². The normalized spacial score (nSPS) is 12.4. The average molecular weight is 460 g/mol. The molecule has 1 aliphatic carbocycles. The van der Waals surface area contributed by atoms with Crippen LogP contribution in [0.15, 0.2) is 83.4 Å². The van der Waals surface area contributed by atoms with Crippen LogP contribution >= 0.6 is 24.8 Å². The third-order valence-corrected chi connectivity index (χ3v) is 5.24. The van der Waals surface area contributed by atoms with Gasteiger partial charge in [-0.3, -0.25) is 0 Å². The van der Waals surface area contributed by atoms with Gasteiger partial charge >= 0.3 is 21.7 Å². The summed E-state index contributed by atoms with van der Waals surface area (Å²) < 4.78 is 0. The number of halogens is 2. The molecule has 150 valence electrons. The largest absolute Gasteiger partial charge is 2.00 e. The molecule has 1 aliphatic rings. The summed E-state index contributed by atoms with van der Waals surface area (Å²) in [7, 11) is 0. The molecule has 1 N–H and O–H groups in total. The zero-order chi connectivity index (χ0) is 18.7. The van der Waals surface area contributed by atoms with Crippen LogP contribution in [0.3, 0.4) is 0 Å². The molecule has 0 amide bonds. The van der Waals surface area contributed by atoms with Crippen LogP contribution in [0.2, 0.25) is 0 Å². The van der Waals surface area contributed by atoms with Crippen LogP contribution < -0.4 is 0 Å². The molecule has 0 radical (unpaired) electrons. The third kappa shape index (κ3) is 6.17. The first kappa shape index (κ1) is 27.4. The van der Waals surface area contributed by atoms with Crippen molar-refractivity contribution in [3.05, 3.63) is 107 Å². The molecular weight excluding hydrogens is 433 g/mol. The maximum Gasteiger partial charge on any atom is 2.00 e. The van der Waals surface area contributed by atoms with Crippen LogP contribution in [0.4, 0.5) is 5.69 Å². The molecule has 0 saturated carbocycles. The van der Waals surface area contributed by atoms with Gasteiger partial charge in [0.1, 0.15) is 0 Å². The van der Waals surface area contributed by atoms with Gasteiger partial charge in [0, 0.05) is 0 Å². The second kappa shape index (κ2) is 12.1. The van der Waals surface area contributed by atoms with E-state index in [9.17, 15) is 0 Å². The maximum atomic E-state index is 7.00. The molecule has 0 bridgehead atoms. The first-order valence-electron chi connectivity index (χ1n) is 8.96. The SMILES string of the molecule is Cl.Cl.[CH2-]c1c(C2=C(C)C(C)=C(C)C2)ccc2ccccc12.[NH-]c1ccccc1.[Ti+2]. The topological polar surface area (TPSA) is 23.8 Å². The van der Waals surface area contributed by atoms with Crippen molar-refractivity contribution < 1.29 is 21.7 Å². The van der Waals surface area contributed by atoms with E-state index in [0.717, 1.165) is 12.0 Å². The molecule has 3 aromatic carbocycles. The molecule has 0 aromatic heterocycles. The van der Waals surface area contributed by atoms with Crippen LogP contribution in [0.1, 0.15) is 38.3 Å². The molecule has 4 heteroatoms. The molecule has 4 rings (SSSR count). The Morgan fingerprint density at radius 3 is 1.86 bits per heavy atom. The Hall–Kier alpha value is -1.64. The number of nitrogens with one attached hydrogen (secondary N) is 1. The third-order valence-electron chi connectivity index (χ3n) is 5.24. The summed E-state index contributed by atoms with van der Waals surface area (Å²) >= 11 is 0. The maximum absolute atomic E-state index is 7.00. The van der Waals surface area contributed by atoms with E-state index in [1.807, 2.05) is 18.2 Å². The van der Waals surface area contributed by atoms with Gasteiger partial charge in [0.25, 0.3) is 0 Å². The number of allylic oxidation sites excluding steroid dienone is 4. The predicted octanol–water partition coefficient (Wildman–Crippen LogP) is 8.75. The summed E-state index contributed by atoms with van der Waals surface area (Å²) in [5, 5.41) is 2.54. The zero-order valence-corrected chi connectivity index (χ0v) is 20.3. The molecule has 3 aromatic rings. The summed E-state index contributed by atoms with van der Waals surface area (Å²) in [5.41, 5.74) is 15.9. The van der Waals surface area contributed by atoms with Crippen molar-refractivity contribution in [1.82, 2.24) is 0 Å². The number of rotatable bonds is 1. The van der Waals surface area contributed by atoms with Gasteiger partial charge in [0.2, 0.25) is 0 Å². The van der Waals surface area contributed by atoms with Crippen molar-refractivity contribution in [3.8, 4) is 0 Å². The molecule has 0 spiro atoms. The summed E-state index contributed by atoms with van der Waals surface area (Å²) in [4.78, 5) is 0. The fourth-order valence-corrected chi connectivity index (χ4v) is 3.43. The van der Waals surface area contributed by atoms with Crippen LogP contribution in [0.25, 0.3) is 22.1 Å². The second-order valence-electron chi connectivity index (χ2n) is 6.86. The van der Waals surface area contributed by atoms with E-state index in [0.29, 0.717) is 5.69 Å². The monoisotopic (exact) mass is 459 g/mol. The smallest absolute Gasteiger partial charge is 0.699 e. The quantitative estimate of drug-likeness (QED) is 0.256. The van der Waals surface area contributed by atoms with Crippen molar-refractivity contribution in [2.75, 3.05) is 0 Å². The Morgan fingerprint density at radius 2 is 1.34 bits per heavy atom. The van der Waals surface area contributed by atoms with Gasteiger partial charge < -0.3 is 5.73 Å². The zero-order valence-electron chi connectivity index (χ0n) is 17.1. The Kier molecular flexibility index (Phi) is 11.5. The molecule has 29 heavy (non-hydrogen) atoms. The Morgan fingerprint density at radius 1 is 0.759 bits per heavy atom. The molecule has 0 fully saturated rings. The summed E-state index contributed by atoms with van der Waals surface area (Å²) in [5.74, 6) is 0. The standard InChI is InChI=1S/C19H19.C6H6N.2ClH.Ti/c1-12-11-19(14(3)13(12)2)18-10-9-16-7-5-6-8-17(16)15(18)4;7-6-4-2-1-3-5-6;;;/h5-10H,4,11H2,1-3H3;1-5,7H;2*1H;/q2*-1;;;+2. The summed E-state index contributed by atoms with van der Waals surface area (Å²) in [6.45, 7) is 11.0. The second-order valence-corrected chi connectivity index (χ2v) is 6.86. The first-order valence-corrected chi connectivity index (χ1v) is 8.96. The van der Waals surface area contributed by atoms with Crippen LogP contribution in [-0.4, -0.2) is 0 Å². The van der Waals surface area contributed by atoms with Gasteiger partial charge in [-0.2, -0.15) is 12.5 Å². The summed E-state index contributed by atoms with van der Waals surface area (Å²) in [6, 6.07) is 22.0. The summed E-state index contributed by atoms with van der Waals surface area (Å²) in [6.07, 6.45) is 1.07. The van der Waals surface area contributed by atoms with Crippen LogP contribution in [0.5, 0.6) is 0 Å². The van der Waals surface area contributed by atoms with E-state index >= 15 is 0 Å². The first-order chi connectivity index (χ1) is 12.5. The number of hydrogen-bond acceptors (Lipinski definition) is 0. The van der Waals surface area contributed by atoms with Crippen molar-refractivity contribution in [2.24, 2.45) is 0 Å². The van der Waals surface area contributed by atoms with Crippen molar-refractivity contribution in [2.45, 2.75) is 27.2 Å². The average Bonchev–Trinajstić information content (AvgIpc) is 2.91. The Labute approximate surface area is 202 Å².